The Morgan fingerprint density at radius 2 is 1.52 bits per heavy atom. The molecule has 21 heavy (non-hydrogen) atoms. The van der Waals surface area contributed by atoms with Gasteiger partial charge in [0.1, 0.15) is 0 Å². The number of halogens is 3. The zero-order valence-electron chi connectivity index (χ0n) is 10.6. The molecule has 4 rings (SSSR count). The molecule has 0 saturated heterocycles. The van der Waals surface area contributed by atoms with Gasteiger partial charge in [0, 0.05) is 34.7 Å². The molecule has 0 aliphatic rings. The van der Waals surface area contributed by atoms with E-state index >= 15 is 0 Å². The van der Waals surface area contributed by atoms with Gasteiger partial charge in [0.25, 0.3) is 0 Å². The van der Waals surface area contributed by atoms with Gasteiger partial charge in [-0.2, -0.15) is 0 Å². The standard InChI is InChI=1S/C8H4BrClS.C8H5ClS/c9-7-4-11-8-2-1-5(10)3-6(7)8;9-7-1-2-8-6(5-7)3-4-10-8/h1-4H;1-5H. The molecule has 0 aliphatic heterocycles. The fraction of sp³-hybridized carbons (Fsp3) is 0. The van der Waals surface area contributed by atoms with E-state index in [1.807, 2.05) is 36.4 Å². The Morgan fingerprint density at radius 3 is 2.33 bits per heavy atom. The van der Waals surface area contributed by atoms with Crippen molar-refractivity contribution in [2.45, 2.75) is 0 Å². The monoisotopic (exact) mass is 414 g/mol. The maximum atomic E-state index is 5.83. The normalized spacial score (nSPS) is 10.6. The van der Waals surface area contributed by atoms with Crippen molar-refractivity contribution in [2.24, 2.45) is 0 Å². The first kappa shape index (κ1) is 15.3. The van der Waals surface area contributed by atoms with E-state index in [4.69, 9.17) is 23.2 Å². The summed E-state index contributed by atoms with van der Waals surface area (Å²) in [6.45, 7) is 0. The molecule has 0 radical (unpaired) electrons. The summed E-state index contributed by atoms with van der Waals surface area (Å²) in [6, 6.07) is 13.9. The summed E-state index contributed by atoms with van der Waals surface area (Å²) in [7, 11) is 0. The van der Waals surface area contributed by atoms with Crippen LogP contribution < -0.4 is 0 Å². The minimum Gasteiger partial charge on any atom is -0.144 e. The summed E-state index contributed by atoms with van der Waals surface area (Å²) in [4.78, 5) is 0. The maximum Gasteiger partial charge on any atom is 0.0413 e. The largest absolute Gasteiger partial charge is 0.144 e. The molecule has 2 heterocycles. The smallest absolute Gasteiger partial charge is 0.0413 e. The predicted octanol–water partition coefficient (Wildman–Crippen LogP) is 7.87. The first-order valence-corrected chi connectivity index (χ1v) is 9.39. The van der Waals surface area contributed by atoms with Crippen LogP contribution in [-0.2, 0) is 0 Å². The molecule has 0 fully saturated rings. The molecule has 0 N–H and O–H groups in total. The van der Waals surface area contributed by atoms with E-state index in [-0.39, 0.29) is 0 Å². The highest BCUT2D eigenvalue weighted by atomic mass is 79.9. The molecule has 0 bridgehead atoms. The van der Waals surface area contributed by atoms with Crippen LogP contribution in [0, 0.1) is 0 Å². The van der Waals surface area contributed by atoms with E-state index < -0.39 is 0 Å². The third-order valence-electron chi connectivity index (χ3n) is 2.90. The van der Waals surface area contributed by atoms with Gasteiger partial charge in [-0.25, -0.2) is 0 Å². The van der Waals surface area contributed by atoms with Crippen LogP contribution in [0.5, 0.6) is 0 Å². The van der Waals surface area contributed by atoms with Gasteiger partial charge >= 0.3 is 0 Å². The molecule has 106 valence electrons. The molecule has 5 heteroatoms. The predicted molar refractivity (Wildman–Crippen MR) is 101 cm³/mol. The van der Waals surface area contributed by atoms with E-state index in [0.717, 1.165) is 14.5 Å². The Bertz CT molecular complexity index is 895. The zero-order chi connectivity index (χ0) is 14.8. The highest BCUT2D eigenvalue weighted by Crippen LogP contribution is 2.31. The van der Waals surface area contributed by atoms with Gasteiger partial charge in [0.15, 0.2) is 0 Å². The third-order valence-corrected chi connectivity index (χ3v) is 6.19. The van der Waals surface area contributed by atoms with Crippen molar-refractivity contribution in [3.05, 3.63) is 67.7 Å². The van der Waals surface area contributed by atoms with Crippen molar-refractivity contribution >= 4 is 82.0 Å². The zero-order valence-corrected chi connectivity index (χ0v) is 15.4. The van der Waals surface area contributed by atoms with Crippen molar-refractivity contribution in [2.75, 3.05) is 0 Å². The average molecular weight is 416 g/mol. The quantitative estimate of drug-likeness (QED) is 0.274. The highest BCUT2D eigenvalue weighted by Gasteiger charge is 2.00. The molecule has 0 atom stereocenters. The van der Waals surface area contributed by atoms with Crippen LogP contribution in [0.2, 0.25) is 10.0 Å². The summed E-state index contributed by atoms with van der Waals surface area (Å²) >= 11 is 18.5. The van der Waals surface area contributed by atoms with Crippen LogP contribution in [0.25, 0.3) is 20.2 Å². The molecule has 0 amide bonds. The van der Waals surface area contributed by atoms with Crippen molar-refractivity contribution < 1.29 is 0 Å². The van der Waals surface area contributed by atoms with Crippen LogP contribution in [-0.4, -0.2) is 0 Å². The minimum absolute atomic E-state index is 0.789. The van der Waals surface area contributed by atoms with Crippen molar-refractivity contribution in [1.82, 2.24) is 0 Å². The number of fused-ring (bicyclic) bond motifs is 2. The Balaban J connectivity index is 0.000000126. The summed E-state index contributed by atoms with van der Waals surface area (Å²) in [6.07, 6.45) is 0. The number of thiophene rings is 2. The van der Waals surface area contributed by atoms with E-state index in [0.29, 0.717) is 0 Å². The Morgan fingerprint density at radius 1 is 0.810 bits per heavy atom. The summed E-state index contributed by atoms with van der Waals surface area (Å²) in [5.41, 5.74) is 0. The fourth-order valence-electron chi connectivity index (χ4n) is 1.91. The third kappa shape index (κ3) is 3.61. The SMILES string of the molecule is Clc1ccc2scc(Br)c2c1.Clc1ccc2sccc2c1. The second-order valence-corrected chi connectivity index (χ2v) is 7.91. The van der Waals surface area contributed by atoms with E-state index in [1.54, 1.807) is 22.7 Å². The van der Waals surface area contributed by atoms with Crippen LogP contribution in [0.4, 0.5) is 0 Å². The Hall–Kier alpha value is -0.580. The first-order chi connectivity index (χ1) is 10.1. The average Bonchev–Trinajstić information content (AvgIpc) is 3.06. The van der Waals surface area contributed by atoms with E-state index in [1.165, 1.54) is 20.2 Å². The van der Waals surface area contributed by atoms with Crippen molar-refractivity contribution in [3.63, 3.8) is 0 Å². The lowest BCUT2D eigenvalue weighted by Crippen LogP contribution is -1.63. The molecule has 2 aromatic carbocycles. The second kappa shape index (κ2) is 6.67. The number of benzene rings is 2. The van der Waals surface area contributed by atoms with Crippen LogP contribution in [0.1, 0.15) is 0 Å². The van der Waals surface area contributed by atoms with Gasteiger partial charge in [-0.15, -0.1) is 22.7 Å². The molecule has 2 aromatic heterocycles. The van der Waals surface area contributed by atoms with Gasteiger partial charge in [0.05, 0.1) is 0 Å². The lowest BCUT2D eigenvalue weighted by Gasteiger charge is -1.90. The Kier molecular flexibility index (Phi) is 4.87. The van der Waals surface area contributed by atoms with Crippen molar-refractivity contribution in [3.8, 4) is 0 Å². The Labute approximate surface area is 149 Å². The lowest BCUT2D eigenvalue weighted by atomic mass is 10.3. The van der Waals surface area contributed by atoms with Gasteiger partial charge in [0.2, 0.25) is 0 Å². The molecule has 0 nitrogen and oxygen atoms in total. The van der Waals surface area contributed by atoms with Gasteiger partial charge in [-0.3, -0.25) is 0 Å². The summed E-state index contributed by atoms with van der Waals surface area (Å²) in [5, 5.41) is 8.17. The van der Waals surface area contributed by atoms with Gasteiger partial charge in [-0.05, 0) is 69.2 Å². The molecule has 0 aliphatic carbocycles. The van der Waals surface area contributed by atoms with Crippen LogP contribution in [0.3, 0.4) is 0 Å². The van der Waals surface area contributed by atoms with Gasteiger partial charge < -0.3 is 0 Å². The summed E-state index contributed by atoms with van der Waals surface area (Å²) < 4.78 is 3.69. The molecular weight excluding hydrogens is 407 g/mol. The number of hydrogen-bond acceptors (Lipinski definition) is 2. The maximum absolute atomic E-state index is 5.83. The topological polar surface area (TPSA) is 0 Å². The minimum atomic E-state index is 0.789. The van der Waals surface area contributed by atoms with Crippen LogP contribution in [0.15, 0.2) is 57.7 Å². The summed E-state index contributed by atoms with van der Waals surface area (Å²) in [5.74, 6) is 0. The first-order valence-electron chi connectivity index (χ1n) is 6.08. The molecule has 0 saturated carbocycles. The fourth-order valence-corrected chi connectivity index (χ4v) is 4.57. The van der Waals surface area contributed by atoms with Crippen LogP contribution >= 0.6 is 61.8 Å². The molecule has 4 aromatic rings. The second-order valence-electron chi connectivity index (χ2n) is 4.33. The highest BCUT2D eigenvalue weighted by molar-refractivity contribution is 9.10. The van der Waals surface area contributed by atoms with E-state index in [2.05, 4.69) is 32.8 Å². The number of hydrogen-bond donors (Lipinski definition) is 0. The van der Waals surface area contributed by atoms with Gasteiger partial charge in [-0.1, -0.05) is 23.2 Å². The lowest BCUT2D eigenvalue weighted by molar-refractivity contribution is 1.83. The molecule has 0 unspecified atom stereocenters. The molecule has 0 spiro atoms. The number of rotatable bonds is 0. The van der Waals surface area contributed by atoms with E-state index in [9.17, 15) is 0 Å². The van der Waals surface area contributed by atoms with Crippen molar-refractivity contribution in [1.29, 1.82) is 0 Å². The molecular formula is C16H9BrCl2S2.